The van der Waals surface area contributed by atoms with Crippen LogP contribution in [0.4, 0.5) is 10.1 Å². The Bertz CT molecular complexity index is 818. The fraction of sp³-hybridized carbons (Fsp3) is 0.235. The third kappa shape index (κ3) is 2.17. The highest BCUT2D eigenvalue weighted by atomic mass is 19.1. The summed E-state index contributed by atoms with van der Waals surface area (Å²) < 4.78 is 16.1. The Hall–Kier alpha value is -2.36. The number of aromatic nitrogens is 2. The zero-order valence-corrected chi connectivity index (χ0v) is 12.4. The molecule has 0 spiro atoms. The van der Waals surface area contributed by atoms with Crippen LogP contribution in [-0.4, -0.2) is 9.55 Å². The second-order valence-corrected chi connectivity index (χ2v) is 5.58. The molecule has 3 nitrogen and oxygen atoms in total. The van der Waals surface area contributed by atoms with E-state index in [4.69, 9.17) is 5.73 Å². The number of halogens is 1. The lowest BCUT2D eigenvalue weighted by molar-refractivity contribution is 0.623. The molecule has 1 heterocycles. The molecule has 4 heteroatoms. The van der Waals surface area contributed by atoms with Gasteiger partial charge >= 0.3 is 0 Å². The molecule has 0 atom stereocenters. The summed E-state index contributed by atoms with van der Waals surface area (Å²) in [5.74, 6) is 0.480. The second-order valence-electron chi connectivity index (χ2n) is 5.58. The molecule has 0 fully saturated rings. The van der Waals surface area contributed by atoms with Gasteiger partial charge in [0.05, 0.1) is 5.52 Å². The first-order chi connectivity index (χ1) is 9.99. The smallest absolute Gasteiger partial charge is 0.151 e. The Morgan fingerprint density at radius 2 is 1.95 bits per heavy atom. The molecule has 3 aromatic rings. The van der Waals surface area contributed by atoms with Crippen molar-refractivity contribution in [2.75, 3.05) is 5.73 Å². The zero-order chi connectivity index (χ0) is 15.1. The minimum atomic E-state index is -0.291. The molecule has 0 aliphatic rings. The third-order valence-corrected chi connectivity index (χ3v) is 3.72. The molecule has 2 aromatic carbocycles. The van der Waals surface area contributed by atoms with E-state index in [0.717, 1.165) is 28.2 Å². The summed E-state index contributed by atoms with van der Waals surface area (Å²) in [4.78, 5) is 4.52. The van der Waals surface area contributed by atoms with Gasteiger partial charge in [-0.25, -0.2) is 9.37 Å². The lowest BCUT2D eigenvalue weighted by Crippen LogP contribution is -2.03. The molecule has 0 aliphatic heterocycles. The number of anilines is 1. The molecule has 1 aromatic heterocycles. The number of para-hydroxylation sites is 1. The summed E-state index contributed by atoms with van der Waals surface area (Å²) in [5.41, 5.74) is 9.80. The number of nitrogens with zero attached hydrogens (tertiary/aromatic N) is 2. The Labute approximate surface area is 123 Å². The zero-order valence-electron chi connectivity index (χ0n) is 12.4. The molecule has 3 rings (SSSR count). The predicted molar refractivity (Wildman–Crippen MR) is 84.7 cm³/mol. The molecule has 21 heavy (non-hydrogen) atoms. The Morgan fingerprint density at radius 3 is 2.62 bits per heavy atom. The third-order valence-electron chi connectivity index (χ3n) is 3.72. The summed E-state index contributed by atoms with van der Waals surface area (Å²) in [6.45, 7) is 6.10. The van der Waals surface area contributed by atoms with Gasteiger partial charge < -0.3 is 10.3 Å². The fourth-order valence-corrected chi connectivity index (χ4v) is 2.62. The number of nitrogens with two attached hydrogens (primary N) is 1. The van der Waals surface area contributed by atoms with E-state index in [1.165, 1.54) is 6.07 Å². The van der Waals surface area contributed by atoms with Crippen molar-refractivity contribution < 1.29 is 4.39 Å². The van der Waals surface area contributed by atoms with Gasteiger partial charge in [0.15, 0.2) is 5.82 Å². The van der Waals surface area contributed by atoms with Gasteiger partial charge in [0.25, 0.3) is 0 Å². The van der Waals surface area contributed by atoms with Gasteiger partial charge in [0, 0.05) is 17.3 Å². The van der Waals surface area contributed by atoms with Gasteiger partial charge in [0.2, 0.25) is 0 Å². The van der Waals surface area contributed by atoms with Crippen LogP contribution in [0.3, 0.4) is 0 Å². The summed E-state index contributed by atoms with van der Waals surface area (Å²) in [5, 5.41) is 0. The van der Waals surface area contributed by atoms with E-state index in [0.29, 0.717) is 5.52 Å². The molecule has 0 saturated carbocycles. The first-order valence-electron chi connectivity index (χ1n) is 7.02. The monoisotopic (exact) mass is 283 g/mol. The topological polar surface area (TPSA) is 43.8 Å². The van der Waals surface area contributed by atoms with Gasteiger partial charge in [-0.2, -0.15) is 0 Å². The summed E-state index contributed by atoms with van der Waals surface area (Å²) in [6, 6.07) is 11.0. The van der Waals surface area contributed by atoms with Crippen LogP contribution in [0, 0.1) is 12.7 Å². The van der Waals surface area contributed by atoms with Crippen LogP contribution in [-0.2, 0) is 0 Å². The van der Waals surface area contributed by atoms with Crippen molar-refractivity contribution >= 4 is 16.7 Å². The van der Waals surface area contributed by atoms with E-state index in [1.54, 1.807) is 6.07 Å². The highest BCUT2D eigenvalue weighted by Crippen LogP contribution is 2.30. The maximum absolute atomic E-state index is 14.0. The van der Waals surface area contributed by atoms with E-state index < -0.39 is 0 Å². The lowest BCUT2D eigenvalue weighted by Gasteiger charge is -2.13. The highest BCUT2D eigenvalue weighted by molar-refractivity contribution is 5.81. The largest absolute Gasteiger partial charge is 0.399 e. The maximum Gasteiger partial charge on any atom is 0.151 e. The van der Waals surface area contributed by atoms with Gasteiger partial charge in [-0.1, -0.05) is 6.07 Å². The van der Waals surface area contributed by atoms with Gasteiger partial charge in [-0.05, 0) is 56.7 Å². The second kappa shape index (κ2) is 4.88. The van der Waals surface area contributed by atoms with Gasteiger partial charge in [0.1, 0.15) is 11.3 Å². The number of nitrogen functional groups attached to an aromatic ring is 1. The molecule has 0 aliphatic carbocycles. The normalized spacial score (nSPS) is 11.5. The number of hydrogen-bond donors (Lipinski definition) is 1. The van der Waals surface area contributed by atoms with E-state index >= 15 is 0 Å². The highest BCUT2D eigenvalue weighted by Gasteiger charge is 2.17. The number of benzene rings is 2. The summed E-state index contributed by atoms with van der Waals surface area (Å²) in [6.07, 6.45) is 0. The number of fused-ring (bicyclic) bond motifs is 1. The van der Waals surface area contributed by atoms with Crippen LogP contribution < -0.4 is 5.73 Å². The van der Waals surface area contributed by atoms with Crippen molar-refractivity contribution in [1.82, 2.24) is 9.55 Å². The quantitative estimate of drug-likeness (QED) is 0.712. The van der Waals surface area contributed by atoms with Crippen LogP contribution in [0.1, 0.15) is 25.5 Å². The number of rotatable bonds is 2. The van der Waals surface area contributed by atoms with E-state index in [2.05, 4.69) is 23.4 Å². The first kappa shape index (κ1) is 13.6. The molecule has 0 unspecified atom stereocenters. The average Bonchev–Trinajstić information content (AvgIpc) is 2.83. The van der Waals surface area contributed by atoms with Crippen molar-refractivity contribution in [2.24, 2.45) is 0 Å². The molecular weight excluding hydrogens is 265 g/mol. The van der Waals surface area contributed by atoms with Gasteiger partial charge in [-0.3, -0.25) is 0 Å². The van der Waals surface area contributed by atoms with E-state index in [-0.39, 0.29) is 11.9 Å². The Morgan fingerprint density at radius 1 is 1.19 bits per heavy atom. The van der Waals surface area contributed by atoms with E-state index in [1.807, 2.05) is 31.2 Å². The maximum atomic E-state index is 14.0. The number of hydrogen-bond acceptors (Lipinski definition) is 2. The predicted octanol–water partition coefficient (Wildman–Crippen LogP) is 4.31. The molecular formula is C17H18FN3. The minimum absolute atomic E-state index is 0.185. The van der Waals surface area contributed by atoms with Crippen LogP contribution in [0.15, 0.2) is 36.4 Å². The number of aryl methyl sites for hydroxylation is 1. The molecule has 0 amide bonds. The minimum Gasteiger partial charge on any atom is -0.399 e. The van der Waals surface area contributed by atoms with Crippen molar-refractivity contribution in [3.05, 3.63) is 47.8 Å². The van der Waals surface area contributed by atoms with Crippen molar-refractivity contribution in [1.29, 1.82) is 0 Å². The average molecular weight is 283 g/mol. The molecule has 108 valence electrons. The molecule has 2 N–H and O–H groups in total. The van der Waals surface area contributed by atoms with Crippen molar-refractivity contribution in [3.63, 3.8) is 0 Å². The van der Waals surface area contributed by atoms with Crippen LogP contribution in [0.2, 0.25) is 0 Å². The van der Waals surface area contributed by atoms with Crippen molar-refractivity contribution in [2.45, 2.75) is 26.8 Å². The van der Waals surface area contributed by atoms with Crippen LogP contribution in [0.5, 0.6) is 0 Å². The fourth-order valence-electron chi connectivity index (χ4n) is 2.62. The van der Waals surface area contributed by atoms with Crippen molar-refractivity contribution in [3.8, 4) is 11.4 Å². The summed E-state index contributed by atoms with van der Waals surface area (Å²) >= 11 is 0. The van der Waals surface area contributed by atoms with Gasteiger partial charge in [-0.15, -0.1) is 0 Å². The molecule has 0 saturated heterocycles. The Balaban J connectivity index is 2.33. The van der Waals surface area contributed by atoms with Crippen LogP contribution >= 0.6 is 0 Å². The SMILES string of the molecule is Cc1cc(-c2nc3c(F)cccc3n2C(C)C)ccc1N. The molecule has 0 bridgehead atoms. The summed E-state index contributed by atoms with van der Waals surface area (Å²) in [7, 11) is 0. The molecule has 0 radical (unpaired) electrons. The Kier molecular flexibility index (Phi) is 3.16. The lowest BCUT2D eigenvalue weighted by atomic mass is 10.1. The van der Waals surface area contributed by atoms with E-state index in [9.17, 15) is 4.39 Å². The standard InChI is InChI=1S/C17H18FN3/c1-10(2)21-15-6-4-5-13(18)16(15)20-17(21)12-7-8-14(19)11(3)9-12/h4-10H,19H2,1-3H3. The first-order valence-corrected chi connectivity index (χ1v) is 7.02. The van der Waals surface area contributed by atoms with Crippen LogP contribution in [0.25, 0.3) is 22.4 Å². The number of imidazole rings is 1.